The first-order valence-electron chi connectivity index (χ1n) is 6.28. The van der Waals surface area contributed by atoms with Crippen LogP contribution in [0.2, 0.25) is 0 Å². The van der Waals surface area contributed by atoms with Crippen LogP contribution in [0.3, 0.4) is 0 Å². The predicted octanol–water partition coefficient (Wildman–Crippen LogP) is -0.176. The van der Waals surface area contributed by atoms with Crippen LogP contribution in [0.5, 0.6) is 0 Å². The Morgan fingerprint density at radius 1 is 1.05 bits per heavy atom. The molecule has 0 aromatic rings. The van der Waals surface area contributed by atoms with Gasteiger partial charge in [0.1, 0.15) is 6.73 Å². The van der Waals surface area contributed by atoms with Crippen LogP contribution in [0.4, 0.5) is 0 Å². The molecule has 0 radical (unpaired) electrons. The topological polar surface area (TPSA) is 112 Å². The second-order valence-electron chi connectivity index (χ2n) is 5.24. The Morgan fingerprint density at radius 3 is 1.90 bits per heavy atom. The largest absolute Gasteiger partial charge is 0.395 e. The highest BCUT2D eigenvalue weighted by Gasteiger charge is 2.31. The number of nitrogens with one attached hydrogen (secondary N) is 2. The van der Waals surface area contributed by atoms with Crippen molar-refractivity contribution in [1.82, 2.24) is 10.6 Å². The average molecular weight is 288 g/mol. The zero-order valence-corrected chi connectivity index (χ0v) is 12.7. The number of azo groups is 1. The van der Waals surface area contributed by atoms with E-state index in [1.54, 1.807) is 27.7 Å². The molecular formula is C12H24N4O4. The van der Waals surface area contributed by atoms with Crippen LogP contribution in [0.15, 0.2) is 10.2 Å². The fraction of sp³-hybridized carbons (Fsp3) is 0.833. The minimum Gasteiger partial charge on any atom is -0.395 e. The molecule has 0 unspecified atom stereocenters. The van der Waals surface area contributed by atoms with E-state index >= 15 is 0 Å². The van der Waals surface area contributed by atoms with Crippen LogP contribution < -0.4 is 10.6 Å². The lowest BCUT2D eigenvalue weighted by molar-refractivity contribution is -0.128. The van der Waals surface area contributed by atoms with Gasteiger partial charge in [-0.05, 0) is 27.7 Å². The van der Waals surface area contributed by atoms with E-state index in [1.165, 1.54) is 7.11 Å². The average Bonchev–Trinajstić information content (AvgIpc) is 2.39. The minimum atomic E-state index is -1.12. The number of carbonyl (C=O) groups excluding carboxylic acids is 2. The van der Waals surface area contributed by atoms with E-state index in [0.29, 0.717) is 0 Å². The van der Waals surface area contributed by atoms with Gasteiger partial charge < -0.3 is 20.5 Å². The maximum atomic E-state index is 11.8. The number of hydrogen-bond donors (Lipinski definition) is 3. The van der Waals surface area contributed by atoms with Crippen molar-refractivity contribution in [3.63, 3.8) is 0 Å². The monoisotopic (exact) mass is 288 g/mol. The Morgan fingerprint density at radius 2 is 1.50 bits per heavy atom. The SMILES string of the molecule is COCNC(=O)C(C)(C)N=NC(C)(C)C(=O)NCCO. The van der Waals surface area contributed by atoms with Crippen molar-refractivity contribution in [1.29, 1.82) is 0 Å². The Bertz CT molecular complexity index is 332. The standard InChI is InChI=1S/C12H24N4O4/c1-11(2,9(18)13-6-7-17)15-16-12(3,4)10(19)14-8-20-5/h17H,6-8H2,1-5H3,(H,13,18)(H,14,19). The molecule has 0 atom stereocenters. The van der Waals surface area contributed by atoms with Gasteiger partial charge in [0.15, 0.2) is 11.1 Å². The number of aliphatic hydroxyl groups is 1. The third-order valence-electron chi connectivity index (χ3n) is 2.44. The summed E-state index contributed by atoms with van der Waals surface area (Å²) in [7, 11) is 1.46. The molecule has 8 heteroatoms. The van der Waals surface area contributed by atoms with Gasteiger partial charge in [0.05, 0.1) is 6.61 Å². The normalized spacial score (nSPS) is 12.5. The summed E-state index contributed by atoms with van der Waals surface area (Å²) in [4.78, 5) is 23.6. The van der Waals surface area contributed by atoms with Gasteiger partial charge in [-0.1, -0.05) is 0 Å². The summed E-state index contributed by atoms with van der Waals surface area (Å²) < 4.78 is 4.74. The fourth-order valence-corrected chi connectivity index (χ4v) is 1.08. The van der Waals surface area contributed by atoms with Crippen molar-refractivity contribution >= 4 is 11.8 Å². The van der Waals surface area contributed by atoms with E-state index in [1.807, 2.05) is 0 Å². The van der Waals surface area contributed by atoms with E-state index in [4.69, 9.17) is 9.84 Å². The van der Waals surface area contributed by atoms with Gasteiger partial charge in [-0.25, -0.2) is 0 Å². The summed E-state index contributed by atoms with van der Waals surface area (Å²) in [5.74, 6) is -0.724. The molecule has 0 aromatic heterocycles. The van der Waals surface area contributed by atoms with Crippen molar-refractivity contribution in [2.45, 2.75) is 38.8 Å². The molecule has 3 N–H and O–H groups in total. The maximum absolute atomic E-state index is 11.8. The molecule has 0 fully saturated rings. The molecule has 0 aliphatic heterocycles. The lowest BCUT2D eigenvalue weighted by atomic mass is 10.1. The lowest BCUT2D eigenvalue weighted by Crippen LogP contribution is -2.44. The number of methoxy groups -OCH3 is 1. The molecule has 0 aliphatic rings. The Balaban J connectivity index is 4.72. The highest BCUT2D eigenvalue weighted by atomic mass is 16.5. The van der Waals surface area contributed by atoms with Crippen molar-refractivity contribution in [2.24, 2.45) is 10.2 Å². The number of amides is 2. The van der Waals surface area contributed by atoms with Crippen LogP contribution in [0, 0.1) is 0 Å². The molecule has 0 aliphatic carbocycles. The van der Waals surface area contributed by atoms with E-state index in [-0.39, 0.29) is 31.7 Å². The first-order valence-corrected chi connectivity index (χ1v) is 6.28. The van der Waals surface area contributed by atoms with Crippen molar-refractivity contribution in [2.75, 3.05) is 27.0 Å². The zero-order chi connectivity index (χ0) is 15.8. The maximum Gasteiger partial charge on any atom is 0.251 e. The summed E-state index contributed by atoms with van der Waals surface area (Å²) in [6.07, 6.45) is 0. The highest BCUT2D eigenvalue weighted by molar-refractivity contribution is 5.86. The second-order valence-corrected chi connectivity index (χ2v) is 5.24. The number of nitrogens with zero attached hydrogens (tertiary/aromatic N) is 2. The minimum absolute atomic E-state index is 0.0815. The van der Waals surface area contributed by atoms with Gasteiger partial charge in [-0.3, -0.25) is 9.59 Å². The Labute approximate surface area is 119 Å². The summed E-state index contributed by atoms with van der Waals surface area (Å²) in [6, 6.07) is 0. The third-order valence-corrected chi connectivity index (χ3v) is 2.44. The van der Waals surface area contributed by atoms with Crippen LogP contribution >= 0.6 is 0 Å². The van der Waals surface area contributed by atoms with Crippen LogP contribution in [0.1, 0.15) is 27.7 Å². The van der Waals surface area contributed by atoms with Crippen LogP contribution in [0.25, 0.3) is 0 Å². The van der Waals surface area contributed by atoms with Crippen molar-refractivity contribution in [3.8, 4) is 0 Å². The van der Waals surface area contributed by atoms with Gasteiger partial charge in [0.25, 0.3) is 5.91 Å². The van der Waals surface area contributed by atoms with Crippen molar-refractivity contribution < 1.29 is 19.4 Å². The molecule has 0 saturated carbocycles. The molecule has 0 heterocycles. The van der Waals surface area contributed by atoms with E-state index in [2.05, 4.69) is 20.9 Å². The number of carbonyl (C=O) groups is 2. The molecule has 0 aromatic carbocycles. The van der Waals surface area contributed by atoms with Crippen LogP contribution in [-0.4, -0.2) is 55.0 Å². The lowest BCUT2D eigenvalue weighted by Gasteiger charge is -2.21. The summed E-state index contributed by atoms with van der Waals surface area (Å²) in [6.45, 7) is 6.41. The van der Waals surface area contributed by atoms with Gasteiger partial charge in [-0.15, -0.1) is 0 Å². The number of aliphatic hydroxyl groups excluding tert-OH is 1. The van der Waals surface area contributed by atoms with Gasteiger partial charge in [-0.2, -0.15) is 10.2 Å². The molecule has 0 bridgehead atoms. The number of ether oxygens (including phenoxy) is 1. The first kappa shape index (κ1) is 18.5. The molecule has 20 heavy (non-hydrogen) atoms. The van der Waals surface area contributed by atoms with E-state index in [0.717, 1.165) is 0 Å². The number of hydrogen-bond acceptors (Lipinski definition) is 6. The van der Waals surface area contributed by atoms with Gasteiger partial charge >= 0.3 is 0 Å². The molecular weight excluding hydrogens is 264 g/mol. The third kappa shape index (κ3) is 6.07. The van der Waals surface area contributed by atoms with Crippen LogP contribution in [-0.2, 0) is 14.3 Å². The smallest absolute Gasteiger partial charge is 0.251 e. The molecule has 8 nitrogen and oxygen atoms in total. The van der Waals surface area contributed by atoms with E-state index < -0.39 is 11.1 Å². The van der Waals surface area contributed by atoms with E-state index in [9.17, 15) is 9.59 Å². The molecule has 0 saturated heterocycles. The second kappa shape index (κ2) is 7.91. The Kier molecular flexibility index (Phi) is 7.30. The molecule has 0 rings (SSSR count). The molecule has 2 amide bonds. The van der Waals surface area contributed by atoms with Gasteiger partial charge in [0, 0.05) is 13.7 Å². The van der Waals surface area contributed by atoms with Gasteiger partial charge in [0.2, 0.25) is 5.91 Å². The Hall–Kier alpha value is -1.54. The highest BCUT2D eigenvalue weighted by Crippen LogP contribution is 2.16. The number of rotatable bonds is 8. The summed E-state index contributed by atoms with van der Waals surface area (Å²) in [5.41, 5.74) is -2.22. The predicted molar refractivity (Wildman–Crippen MR) is 73.1 cm³/mol. The quantitative estimate of drug-likeness (QED) is 0.425. The molecule has 116 valence electrons. The zero-order valence-electron chi connectivity index (χ0n) is 12.7. The fourth-order valence-electron chi connectivity index (χ4n) is 1.08. The molecule has 0 spiro atoms. The summed E-state index contributed by atoms with van der Waals surface area (Å²) in [5, 5.41) is 21.6. The van der Waals surface area contributed by atoms with Crippen molar-refractivity contribution in [3.05, 3.63) is 0 Å². The first-order chi connectivity index (χ1) is 9.17. The summed E-state index contributed by atoms with van der Waals surface area (Å²) >= 11 is 0.